The van der Waals surface area contributed by atoms with Gasteiger partial charge in [-0.3, -0.25) is 9.52 Å². The van der Waals surface area contributed by atoms with Crippen LogP contribution in [0.2, 0.25) is 5.02 Å². The van der Waals surface area contributed by atoms with Gasteiger partial charge in [0.15, 0.2) is 0 Å². The number of halogens is 1. The molecular formula is C21H20ClN5O3S. The number of rotatable bonds is 4. The Bertz CT molecular complexity index is 1280. The lowest BCUT2D eigenvalue weighted by Gasteiger charge is -2.28. The molecule has 1 aliphatic rings. The molecule has 0 bridgehead atoms. The number of fused-ring (bicyclic) bond motifs is 1. The van der Waals surface area contributed by atoms with Gasteiger partial charge in [-0.1, -0.05) is 23.7 Å². The number of nitrogens with zero attached hydrogens (tertiary/aromatic N) is 3. The molecule has 0 saturated carbocycles. The van der Waals surface area contributed by atoms with E-state index in [1.807, 2.05) is 0 Å². The third kappa shape index (κ3) is 4.47. The summed E-state index contributed by atoms with van der Waals surface area (Å²) in [5.74, 6) is -0.120. The average molecular weight is 458 g/mol. The van der Waals surface area contributed by atoms with Gasteiger partial charge < -0.3 is 10.6 Å². The summed E-state index contributed by atoms with van der Waals surface area (Å²) >= 11 is 5.95. The van der Waals surface area contributed by atoms with Crippen LogP contribution in [-0.2, 0) is 23.0 Å². The molecule has 10 heteroatoms. The van der Waals surface area contributed by atoms with Crippen molar-refractivity contribution in [1.29, 1.82) is 0 Å². The number of amides is 1. The maximum Gasteiger partial charge on any atom is 0.262 e. The van der Waals surface area contributed by atoms with Crippen molar-refractivity contribution < 1.29 is 13.2 Å². The molecule has 0 saturated heterocycles. The molecule has 1 aromatic heterocycles. The van der Waals surface area contributed by atoms with Crippen LogP contribution in [0.5, 0.6) is 0 Å². The van der Waals surface area contributed by atoms with Gasteiger partial charge in [0.25, 0.3) is 15.9 Å². The van der Waals surface area contributed by atoms with Gasteiger partial charge >= 0.3 is 0 Å². The number of hydrogen-bond acceptors (Lipinski definition) is 6. The maximum atomic E-state index is 13.1. The molecule has 0 unspecified atom stereocenters. The lowest BCUT2D eigenvalue weighted by Crippen LogP contribution is -2.36. The second-order valence-electron chi connectivity index (χ2n) is 7.27. The fourth-order valence-electron chi connectivity index (χ4n) is 3.46. The van der Waals surface area contributed by atoms with Crippen LogP contribution >= 0.6 is 11.6 Å². The monoisotopic (exact) mass is 457 g/mol. The normalized spacial score (nSPS) is 13.5. The minimum Gasteiger partial charge on any atom is -0.368 e. The van der Waals surface area contributed by atoms with E-state index in [9.17, 15) is 13.2 Å². The highest BCUT2D eigenvalue weighted by Crippen LogP contribution is 2.24. The standard InChI is InChI=1S/C21H20ClN5O3S/c1-13-5-6-14(9-19(13)31(29,30)26-17-4-2-3-16(22)10-17)20(28)27-8-7-15-11-24-21(23)25-18(15)12-27/h2-6,9-11,26H,7-8,12H2,1H3,(H2,23,24,25). The number of carbonyl (C=O) groups excluding carboxylic acids is 1. The Hall–Kier alpha value is -3.17. The van der Waals surface area contributed by atoms with E-state index in [0.717, 1.165) is 5.56 Å². The molecule has 3 N–H and O–H groups in total. The zero-order valence-corrected chi connectivity index (χ0v) is 18.2. The van der Waals surface area contributed by atoms with Crippen molar-refractivity contribution in [2.45, 2.75) is 24.8 Å². The third-order valence-corrected chi connectivity index (χ3v) is 6.81. The van der Waals surface area contributed by atoms with E-state index in [4.69, 9.17) is 17.3 Å². The Morgan fingerprint density at radius 2 is 2.03 bits per heavy atom. The first kappa shape index (κ1) is 21.1. The van der Waals surface area contributed by atoms with Crippen molar-refractivity contribution >= 4 is 39.2 Å². The van der Waals surface area contributed by atoms with E-state index in [0.29, 0.717) is 34.9 Å². The second-order valence-corrected chi connectivity index (χ2v) is 9.36. The average Bonchev–Trinajstić information content (AvgIpc) is 2.72. The number of benzene rings is 2. The first-order valence-corrected chi connectivity index (χ1v) is 11.4. The Kier molecular flexibility index (Phi) is 5.55. The summed E-state index contributed by atoms with van der Waals surface area (Å²) in [6, 6.07) is 11.1. The van der Waals surface area contributed by atoms with Gasteiger partial charge in [-0.05, 0) is 54.8 Å². The molecule has 160 valence electrons. The van der Waals surface area contributed by atoms with Gasteiger partial charge in [-0.25, -0.2) is 18.4 Å². The lowest BCUT2D eigenvalue weighted by molar-refractivity contribution is 0.0731. The molecule has 0 fully saturated rings. The first-order chi connectivity index (χ1) is 14.7. The van der Waals surface area contributed by atoms with Gasteiger partial charge in [-0.15, -0.1) is 0 Å². The van der Waals surface area contributed by atoms with Gasteiger partial charge in [0, 0.05) is 23.3 Å². The van der Waals surface area contributed by atoms with E-state index < -0.39 is 10.0 Å². The Morgan fingerprint density at radius 3 is 2.81 bits per heavy atom. The quantitative estimate of drug-likeness (QED) is 0.621. The summed E-state index contributed by atoms with van der Waals surface area (Å²) < 4.78 is 28.5. The molecule has 3 aromatic rings. The number of anilines is 2. The van der Waals surface area contributed by atoms with Crippen LogP contribution in [0, 0.1) is 6.92 Å². The Labute approximate surface area is 185 Å². The molecule has 4 rings (SSSR count). The molecular weight excluding hydrogens is 438 g/mol. The summed E-state index contributed by atoms with van der Waals surface area (Å²) in [4.78, 5) is 23.0. The second kappa shape index (κ2) is 8.16. The largest absolute Gasteiger partial charge is 0.368 e. The fraction of sp³-hybridized carbons (Fsp3) is 0.190. The lowest BCUT2D eigenvalue weighted by atomic mass is 10.1. The van der Waals surface area contributed by atoms with Crippen LogP contribution in [0.4, 0.5) is 11.6 Å². The molecule has 1 amide bonds. The number of nitrogen functional groups attached to an aromatic ring is 1. The van der Waals surface area contributed by atoms with E-state index >= 15 is 0 Å². The van der Waals surface area contributed by atoms with E-state index in [1.54, 1.807) is 48.4 Å². The minimum atomic E-state index is -3.92. The number of nitrogens with two attached hydrogens (primary N) is 1. The topological polar surface area (TPSA) is 118 Å². The fourth-order valence-corrected chi connectivity index (χ4v) is 4.97. The molecule has 0 radical (unpaired) electrons. The van der Waals surface area contributed by atoms with Crippen molar-refractivity contribution in [2.75, 3.05) is 17.0 Å². The first-order valence-electron chi connectivity index (χ1n) is 9.51. The number of aromatic nitrogens is 2. The molecule has 0 spiro atoms. The molecule has 8 nitrogen and oxygen atoms in total. The van der Waals surface area contributed by atoms with E-state index in [-0.39, 0.29) is 28.9 Å². The summed E-state index contributed by atoms with van der Waals surface area (Å²) in [5, 5.41) is 0.413. The van der Waals surface area contributed by atoms with Crippen LogP contribution in [-0.4, -0.2) is 35.7 Å². The van der Waals surface area contributed by atoms with Crippen molar-refractivity contribution in [1.82, 2.24) is 14.9 Å². The summed E-state index contributed by atoms with van der Waals surface area (Å²) in [6.07, 6.45) is 2.28. The van der Waals surface area contributed by atoms with Crippen LogP contribution in [0.15, 0.2) is 53.6 Å². The van der Waals surface area contributed by atoms with Crippen molar-refractivity contribution in [3.8, 4) is 0 Å². The van der Waals surface area contributed by atoms with E-state index in [2.05, 4.69) is 14.7 Å². The van der Waals surface area contributed by atoms with E-state index in [1.165, 1.54) is 12.1 Å². The predicted octanol–water partition coefficient (Wildman–Crippen LogP) is 3.02. The summed E-state index contributed by atoms with van der Waals surface area (Å²) in [7, 11) is -3.92. The number of aryl methyl sites for hydroxylation is 1. The number of sulfonamides is 1. The van der Waals surface area contributed by atoms with Crippen LogP contribution in [0.1, 0.15) is 27.2 Å². The van der Waals surface area contributed by atoms with Crippen LogP contribution in [0.3, 0.4) is 0 Å². The molecule has 0 aliphatic carbocycles. The molecule has 2 aromatic carbocycles. The van der Waals surface area contributed by atoms with Crippen molar-refractivity contribution in [2.24, 2.45) is 0 Å². The van der Waals surface area contributed by atoms with Crippen LogP contribution < -0.4 is 10.5 Å². The zero-order chi connectivity index (χ0) is 22.2. The number of carbonyl (C=O) groups is 1. The van der Waals surface area contributed by atoms with Gasteiger partial charge in [0.1, 0.15) is 0 Å². The van der Waals surface area contributed by atoms with Crippen LogP contribution in [0.25, 0.3) is 0 Å². The Morgan fingerprint density at radius 1 is 1.23 bits per heavy atom. The highest BCUT2D eigenvalue weighted by Gasteiger charge is 2.25. The minimum absolute atomic E-state index is 0.0299. The smallest absolute Gasteiger partial charge is 0.262 e. The highest BCUT2D eigenvalue weighted by atomic mass is 35.5. The summed E-state index contributed by atoms with van der Waals surface area (Å²) in [6.45, 7) is 2.45. The molecule has 0 atom stereocenters. The molecule has 1 aliphatic heterocycles. The van der Waals surface area contributed by atoms with Crippen molar-refractivity contribution in [3.63, 3.8) is 0 Å². The zero-order valence-electron chi connectivity index (χ0n) is 16.7. The predicted molar refractivity (Wildman–Crippen MR) is 118 cm³/mol. The van der Waals surface area contributed by atoms with Gasteiger partial charge in [0.2, 0.25) is 5.95 Å². The summed E-state index contributed by atoms with van der Waals surface area (Å²) in [5.41, 5.74) is 8.47. The maximum absolute atomic E-state index is 13.1. The number of nitrogens with one attached hydrogen (secondary N) is 1. The van der Waals surface area contributed by atoms with Gasteiger partial charge in [-0.2, -0.15) is 0 Å². The van der Waals surface area contributed by atoms with Gasteiger partial charge in [0.05, 0.1) is 22.8 Å². The highest BCUT2D eigenvalue weighted by molar-refractivity contribution is 7.92. The third-order valence-electron chi connectivity index (χ3n) is 5.05. The molecule has 2 heterocycles. The number of hydrogen-bond donors (Lipinski definition) is 2. The SMILES string of the molecule is Cc1ccc(C(=O)N2CCc3cnc(N)nc3C2)cc1S(=O)(=O)Nc1cccc(Cl)c1. The van der Waals surface area contributed by atoms with Crippen molar-refractivity contribution in [3.05, 3.63) is 76.1 Å². The molecule has 31 heavy (non-hydrogen) atoms. The Balaban J connectivity index is 1.61.